The largest absolute Gasteiger partial charge is 0.494 e. The Kier molecular flexibility index (Phi) is 5.43. The summed E-state index contributed by atoms with van der Waals surface area (Å²) in [6.07, 6.45) is 0.895. The number of thiocyanates is 1. The molecule has 1 aliphatic carbocycles. The number of thioether (sulfide) groups is 1. The van der Waals surface area contributed by atoms with E-state index in [4.69, 9.17) is 14.7 Å². The van der Waals surface area contributed by atoms with E-state index in [-0.39, 0.29) is 22.7 Å². The highest BCUT2D eigenvalue weighted by molar-refractivity contribution is 8.04. The molecule has 1 aliphatic rings. The highest BCUT2D eigenvalue weighted by Gasteiger charge is 2.33. The van der Waals surface area contributed by atoms with Gasteiger partial charge < -0.3 is 9.47 Å². The molecule has 0 atom stereocenters. The van der Waals surface area contributed by atoms with Crippen molar-refractivity contribution in [2.24, 2.45) is 0 Å². The molecular formula is C19H15F2NO3S. The maximum Gasteiger partial charge on any atom is 0.341 e. The third-order valence-corrected chi connectivity index (χ3v) is 5.04. The van der Waals surface area contributed by atoms with Crippen molar-refractivity contribution in [1.82, 2.24) is 0 Å². The zero-order valence-electron chi connectivity index (χ0n) is 13.9. The summed E-state index contributed by atoms with van der Waals surface area (Å²) >= 11 is 1.15. The van der Waals surface area contributed by atoms with Gasteiger partial charge in [0.25, 0.3) is 0 Å². The summed E-state index contributed by atoms with van der Waals surface area (Å²) in [6.45, 7) is 0. The molecule has 0 unspecified atom stereocenters. The van der Waals surface area contributed by atoms with E-state index in [2.05, 4.69) is 0 Å². The number of esters is 1. The number of ether oxygens (including phenoxy) is 2. The van der Waals surface area contributed by atoms with Crippen LogP contribution in [-0.2, 0) is 4.74 Å². The van der Waals surface area contributed by atoms with E-state index < -0.39 is 17.6 Å². The average molecular weight is 375 g/mol. The molecule has 0 N–H and O–H groups in total. The number of rotatable bonds is 5. The van der Waals surface area contributed by atoms with Gasteiger partial charge in [0, 0.05) is 5.25 Å². The molecule has 4 nitrogen and oxygen atoms in total. The topological polar surface area (TPSA) is 59.3 Å². The standard InChI is InChI=1S/C19H15F2NO3S/c1-24-18-5-3-12(7-17(18)21)11-2-4-15(16(20)6-11)19(23)25-13-8-14(9-13)26-10-22/h2-7,13-14H,8-9H2,1H3. The Balaban J connectivity index is 1.71. The normalized spacial score (nSPS) is 18.5. The minimum Gasteiger partial charge on any atom is -0.494 e. The summed E-state index contributed by atoms with van der Waals surface area (Å²) in [5.41, 5.74) is 0.742. The number of hydrogen-bond donors (Lipinski definition) is 0. The third-order valence-electron chi connectivity index (χ3n) is 4.22. The molecule has 134 valence electrons. The van der Waals surface area contributed by atoms with Crippen molar-refractivity contribution in [3.63, 3.8) is 0 Å². The summed E-state index contributed by atoms with van der Waals surface area (Å²) in [7, 11) is 1.36. The number of carbonyl (C=O) groups excluding carboxylic acids is 1. The maximum absolute atomic E-state index is 14.3. The second kappa shape index (κ2) is 7.75. The van der Waals surface area contributed by atoms with Gasteiger partial charge in [-0.15, -0.1) is 0 Å². The summed E-state index contributed by atoms with van der Waals surface area (Å²) in [6, 6.07) is 8.35. The molecule has 0 spiro atoms. The Hall–Kier alpha value is -2.59. The van der Waals surface area contributed by atoms with Gasteiger partial charge in [-0.3, -0.25) is 0 Å². The minimum atomic E-state index is -0.736. The molecule has 0 aromatic heterocycles. The SMILES string of the molecule is COc1ccc(-c2ccc(C(=O)OC3CC(SC#N)C3)c(F)c2)cc1F. The predicted molar refractivity (Wildman–Crippen MR) is 93.8 cm³/mol. The Bertz CT molecular complexity index is 876. The van der Waals surface area contributed by atoms with Crippen LogP contribution in [0.25, 0.3) is 11.1 Å². The van der Waals surface area contributed by atoms with Gasteiger partial charge in [-0.25, -0.2) is 13.6 Å². The monoisotopic (exact) mass is 375 g/mol. The van der Waals surface area contributed by atoms with Crippen LogP contribution < -0.4 is 4.74 Å². The van der Waals surface area contributed by atoms with Gasteiger partial charge in [0.2, 0.25) is 0 Å². The van der Waals surface area contributed by atoms with Crippen LogP contribution in [0.2, 0.25) is 0 Å². The van der Waals surface area contributed by atoms with Gasteiger partial charge in [0.05, 0.1) is 12.7 Å². The van der Waals surface area contributed by atoms with E-state index in [9.17, 15) is 13.6 Å². The summed E-state index contributed by atoms with van der Waals surface area (Å²) < 4.78 is 38.2. The third kappa shape index (κ3) is 3.81. The van der Waals surface area contributed by atoms with Gasteiger partial charge in [-0.05, 0) is 60.0 Å². The molecule has 3 rings (SSSR count). The zero-order valence-corrected chi connectivity index (χ0v) is 14.7. The summed E-state index contributed by atoms with van der Waals surface area (Å²) in [5, 5.41) is 10.7. The van der Waals surface area contributed by atoms with Gasteiger partial charge in [-0.2, -0.15) is 5.26 Å². The minimum absolute atomic E-state index is 0.0998. The number of hydrogen-bond acceptors (Lipinski definition) is 5. The first kappa shape index (κ1) is 18.2. The van der Waals surface area contributed by atoms with E-state index in [0.717, 1.165) is 11.8 Å². The van der Waals surface area contributed by atoms with Crippen LogP contribution in [0.4, 0.5) is 8.78 Å². The zero-order chi connectivity index (χ0) is 18.7. The summed E-state index contributed by atoms with van der Waals surface area (Å²) in [4.78, 5) is 12.1. The van der Waals surface area contributed by atoms with Crippen LogP contribution in [0.3, 0.4) is 0 Å². The molecule has 1 saturated carbocycles. The number of benzene rings is 2. The van der Waals surface area contributed by atoms with E-state index in [1.165, 1.54) is 37.4 Å². The quantitative estimate of drug-likeness (QED) is 0.567. The molecule has 2 aromatic rings. The molecule has 0 bridgehead atoms. The molecule has 0 saturated heterocycles. The number of nitriles is 1. The molecule has 0 radical (unpaired) electrons. The Labute approximate surface area is 153 Å². The van der Waals surface area contributed by atoms with Crippen LogP contribution in [0.1, 0.15) is 23.2 Å². The Morgan fingerprint density at radius 1 is 1.15 bits per heavy atom. The van der Waals surface area contributed by atoms with Crippen LogP contribution in [0.15, 0.2) is 36.4 Å². The van der Waals surface area contributed by atoms with Crippen molar-refractivity contribution in [2.45, 2.75) is 24.2 Å². The lowest BCUT2D eigenvalue weighted by Crippen LogP contribution is -2.35. The molecule has 2 aromatic carbocycles. The van der Waals surface area contributed by atoms with Crippen molar-refractivity contribution in [2.75, 3.05) is 7.11 Å². The fraction of sp³-hybridized carbons (Fsp3) is 0.263. The smallest absolute Gasteiger partial charge is 0.341 e. The van der Waals surface area contributed by atoms with Crippen molar-refractivity contribution in [1.29, 1.82) is 5.26 Å². The average Bonchev–Trinajstić information content (AvgIpc) is 2.59. The molecule has 0 amide bonds. The lowest BCUT2D eigenvalue weighted by atomic mass is 9.95. The first-order chi connectivity index (χ1) is 12.5. The molecule has 7 heteroatoms. The fourth-order valence-electron chi connectivity index (χ4n) is 2.71. The van der Waals surface area contributed by atoms with Crippen LogP contribution in [-0.4, -0.2) is 24.4 Å². The van der Waals surface area contributed by atoms with E-state index in [1.807, 2.05) is 5.40 Å². The molecule has 1 fully saturated rings. The number of methoxy groups -OCH3 is 1. The Morgan fingerprint density at radius 3 is 2.38 bits per heavy atom. The lowest BCUT2D eigenvalue weighted by Gasteiger charge is -2.32. The molecule has 26 heavy (non-hydrogen) atoms. The Morgan fingerprint density at radius 2 is 1.81 bits per heavy atom. The highest BCUT2D eigenvalue weighted by atomic mass is 32.2. The van der Waals surface area contributed by atoms with Crippen molar-refractivity contribution >= 4 is 17.7 Å². The number of nitrogens with zero attached hydrogens (tertiary/aromatic N) is 1. The highest BCUT2D eigenvalue weighted by Crippen LogP contribution is 2.34. The molecular weight excluding hydrogens is 360 g/mol. The number of halogens is 2. The van der Waals surface area contributed by atoms with Gasteiger partial charge in [0.1, 0.15) is 17.3 Å². The predicted octanol–water partition coefficient (Wildman–Crippen LogP) is 4.54. The van der Waals surface area contributed by atoms with Crippen molar-refractivity contribution < 1.29 is 23.0 Å². The fourth-order valence-corrected chi connectivity index (χ4v) is 3.48. The van der Waals surface area contributed by atoms with E-state index in [1.54, 1.807) is 6.07 Å². The first-order valence-corrected chi connectivity index (χ1v) is 8.79. The maximum atomic E-state index is 14.3. The van der Waals surface area contributed by atoms with Crippen molar-refractivity contribution in [3.8, 4) is 22.3 Å². The first-order valence-electron chi connectivity index (χ1n) is 7.91. The molecule has 0 heterocycles. The van der Waals surface area contributed by atoms with E-state index in [0.29, 0.717) is 24.0 Å². The number of carbonyl (C=O) groups is 1. The summed E-state index contributed by atoms with van der Waals surface area (Å²) in [5.74, 6) is -1.92. The van der Waals surface area contributed by atoms with Gasteiger partial charge >= 0.3 is 5.97 Å². The lowest BCUT2D eigenvalue weighted by molar-refractivity contribution is 0.0106. The van der Waals surface area contributed by atoms with Gasteiger partial charge in [0.15, 0.2) is 11.6 Å². The van der Waals surface area contributed by atoms with Crippen LogP contribution >= 0.6 is 11.8 Å². The van der Waals surface area contributed by atoms with Crippen LogP contribution in [0, 0.1) is 22.3 Å². The van der Waals surface area contributed by atoms with E-state index >= 15 is 0 Å². The second-order valence-electron chi connectivity index (χ2n) is 5.87. The van der Waals surface area contributed by atoms with Gasteiger partial charge in [-0.1, -0.05) is 12.1 Å². The van der Waals surface area contributed by atoms with Crippen LogP contribution in [0.5, 0.6) is 5.75 Å². The molecule has 0 aliphatic heterocycles. The van der Waals surface area contributed by atoms with Crippen molar-refractivity contribution in [3.05, 3.63) is 53.6 Å². The second-order valence-corrected chi connectivity index (χ2v) is 6.96.